The zero-order valence-corrected chi connectivity index (χ0v) is 6.40. The average Bonchev–Trinajstić information content (AvgIpc) is 2.03. The van der Waals surface area contributed by atoms with Gasteiger partial charge in [0.2, 0.25) is 0 Å². The van der Waals surface area contributed by atoms with Gasteiger partial charge in [-0.1, -0.05) is 37.0 Å². The first-order valence-corrected chi connectivity index (χ1v) is 3.60. The lowest BCUT2D eigenvalue weighted by molar-refractivity contribution is 1.36. The van der Waals surface area contributed by atoms with Gasteiger partial charge in [-0.2, -0.15) is 0 Å². The van der Waals surface area contributed by atoms with Gasteiger partial charge in [-0.25, -0.2) is 0 Å². The van der Waals surface area contributed by atoms with Gasteiger partial charge < -0.3 is 0 Å². The van der Waals surface area contributed by atoms with Crippen LogP contribution in [0.4, 0.5) is 0 Å². The van der Waals surface area contributed by atoms with Gasteiger partial charge in [0.25, 0.3) is 0 Å². The van der Waals surface area contributed by atoms with Gasteiger partial charge in [0, 0.05) is 12.4 Å². The lowest BCUT2D eigenvalue weighted by atomic mass is 10.2. The Morgan fingerprint density at radius 2 is 2.18 bits per heavy atom. The number of rotatable bonds is 0. The van der Waals surface area contributed by atoms with Gasteiger partial charge in [0.15, 0.2) is 0 Å². The Labute approximate surface area is 67.2 Å². The molecule has 1 aliphatic rings. The monoisotopic (exact) mass is 145 g/mol. The molecule has 0 bridgehead atoms. The summed E-state index contributed by atoms with van der Waals surface area (Å²) in [6.07, 6.45) is 14.4. The van der Waals surface area contributed by atoms with E-state index < -0.39 is 0 Å². The smallest absolute Gasteiger partial charge is 0.0334 e. The van der Waals surface area contributed by atoms with Crippen molar-refractivity contribution in [3.05, 3.63) is 48.7 Å². The minimum absolute atomic E-state index is 0.918. The maximum atomic E-state index is 4.02. The van der Waals surface area contributed by atoms with Crippen molar-refractivity contribution < 1.29 is 0 Å². The summed E-state index contributed by atoms with van der Waals surface area (Å²) in [7, 11) is 0. The summed E-state index contributed by atoms with van der Waals surface area (Å²) < 4.78 is 0. The zero-order valence-electron chi connectivity index (χ0n) is 6.40. The number of nitrogens with zero attached hydrogens (tertiary/aromatic N) is 1. The van der Waals surface area contributed by atoms with Crippen molar-refractivity contribution in [3.63, 3.8) is 0 Å². The molecule has 0 saturated carbocycles. The molecule has 1 rings (SSSR count). The van der Waals surface area contributed by atoms with Crippen molar-refractivity contribution in [2.24, 2.45) is 4.99 Å². The Kier molecular flexibility index (Phi) is 3.13. The van der Waals surface area contributed by atoms with Gasteiger partial charge in [-0.15, -0.1) is 0 Å². The number of allylic oxidation sites excluding steroid dienone is 6. The minimum Gasteiger partial charge on any atom is -0.264 e. The number of hydrogen-bond acceptors (Lipinski definition) is 1. The topological polar surface area (TPSA) is 12.4 Å². The number of hydrogen-bond donors (Lipinski definition) is 0. The third-order valence-electron chi connectivity index (χ3n) is 1.26. The van der Waals surface area contributed by atoms with Crippen LogP contribution in [0.3, 0.4) is 0 Å². The zero-order chi connectivity index (χ0) is 7.94. The molecule has 0 aromatic heterocycles. The van der Waals surface area contributed by atoms with E-state index in [1.54, 1.807) is 12.4 Å². The summed E-state index contributed by atoms with van der Waals surface area (Å²) in [6, 6.07) is 0. The lowest BCUT2D eigenvalue weighted by Gasteiger charge is -1.87. The van der Waals surface area contributed by atoms with E-state index in [-0.39, 0.29) is 0 Å². The van der Waals surface area contributed by atoms with E-state index in [0.29, 0.717) is 0 Å². The molecule has 0 radical (unpaired) electrons. The van der Waals surface area contributed by atoms with Crippen LogP contribution in [0.1, 0.15) is 6.42 Å². The van der Waals surface area contributed by atoms with Gasteiger partial charge in [0.05, 0.1) is 0 Å². The standard InChI is InChI=1S/C10H11N/c1-10-7-5-3-2-4-6-8-11-9-10/h2-3,5-9H,1,4H2/b3-2-,7-5-,8-6-,11-9-. The molecule has 0 aromatic rings. The van der Waals surface area contributed by atoms with Gasteiger partial charge in [-0.05, 0) is 12.0 Å². The molecule has 0 aromatic carbocycles. The summed E-state index contributed by atoms with van der Waals surface area (Å²) in [5.41, 5.74) is 0.918. The van der Waals surface area contributed by atoms with Crippen LogP contribution < -0.4 is 0 Å². The van der Waals surface area contributed by atoms with Crippen LogP contribution in [0.2, 0.25) is 0 Å². The third-order valence-corrected chi connectivity index (χ3v) is 1.26. The molecule has 11 heavy (non-hydrogen) atoms. The molecule has 56 valence electrons. The summed E-state index contributed by atoms with van der Waals surface area (Å²) >= 11 is 0. The van der Waals surface area contributed by atoms with Crippen molar-refractivity contribution in [2.75, 3.05) is 0 Å². The van der Waals surface area contributed by atoms with E-state index in [0.717, 1.165) is 12.0 Å². The SMILES string of the molecule is C=C1/C=C\C=C/C/C=C\N=C/1. The fraction of sp³-hybridized carbons (Fsp3) is 0.100. The molecule has 0 N–H and O–H groups in total. The van der Waals surface area contributed by atoms with Crippen LogP contribution in [0.15, 0.2) is 53.7 Å². The van der Waals surface area contributed by atoms with Crippen molar-refractivity contribution in [3.8, 4) is 0 Å². The largest absolute Gasteiger partial charge is 0.264 e. The summed E-state index contributed by atoms with van der Waals surface area (Å²) in [5, 5.41) is 0. The van der Waals surface area contributed by atoms with Gasteiger partial charge >= 0.3 is 0 Å². The van der Waals surface area contributed by atoms with E-state index in [1.165, 1.54) is 0 Å². The highest BCUT2D eigenvalue weighted by atomic mass is 14.7. The van der Waals surface area contributed by atoms with Crippen LogP contribution in [0.25, 0.3) is 0 Å². The second-order valence-electron chi connectivity index (χ2n) is 2.26. The maximum absolute atomic E-state index is 4.02. The molecule has 0 amide bonds. The number of aliphatic imine (C=N–C) groups is 1. The summed E-state index contributed by atoms with van der Waals surface area (Å²) in [4.78, 5) is 4.02. The molecule has 1 heteroatoms. The lowest BCUT2D eigenvalue weighted by Crippen LogP contribution is -1.75. The van der Waals surface area contributed by atoms with Crippen LogP contribution in [-0.4, -0.2) is 6.21 Å². The second kappa shape index (κ2) is 4.45. The molecular formula is C10H11N. The van der Waals surface area contributed by atoms with E-state index in [4.69, 9.17) is 0 Å². The Bertz CT molecular complexity index is 218. The molecule has 0 fully saturated rings. The predicted molar refractivity (Wildman–Crippen MR) is 49.7 cm³/mol. The van der Waals surface area contributed by atoms with E-state index in [9.17, 15) is 0 Å². The van der Waals surface area contributed by atoms with Gasteiger partial charge in [-0.3, -0.25) is 4.99 Å². The Hall–Kier alpha value is -1.37. The maximum Gasteiger partial charge on any atom is 0.0334 e. The van der Waals surface area contributed by atoms with Crippen molar-refractivity contribution in [1.29, 1.82) is 0 Å². The molecule has 0 aliphatic carbocycles. The van der Waals surface area contributed by atoms with Crippen molar-refractivity contribution >= 4 is 6.21 Å². The van der Waals surface area contributed by atoms with E-state index >= 15 is 0 Å². The molecule has 0 saturated heterocycles. The highest BCUT2D eigenvalue weighted by Gasteiger charge is 1.79. The summed E-state index contributed by atoms with van der Waals surface area (Å²) in [6.45, 7) is 3.78. The van der Waals surface area contributed by atoms with Crippen LogP contribution in [0, 0.1) is 0 Å². The second-order valence-corrected chi connectivity index (χ2v) is 2.26. The molecule has 1 heterocycles. The normalized spacial score (nSPS) is 28.9. The fourth-order valence-corrected chi connectivity index (χ4v) is 0.718. The predicted octanol–water partition coefficient (Wildman–Crippen LogP) is 2.64. The van der Waals surface area contributed by atoms with Crippen LogP contribution in [0.5, 0.6) is 0 Å². The first-order chi connectivity index (χ1) is 5.39. The molecule has 1 aliphatic heterocycles. The van der Waals surface area contributed by atoms with Crippen molar-refractivity contribution in [2.45, 2.75) is 6.42 Å². The van der Waals surface area contributed by atoms with Crippen LogP contribution in [-0.2, 0) is 0 Å². The third kappa shape index (κ3) is 3.36. The Morgan fingerprint density at radius 3 is 3.09 bits per heavy atom. The Balaban J connectivity index is 2.69. The molecule has 0 unspecified atom stereocenters. The van der Waals surface area contributed by atoms with Crippen molar-refractivity contribution in [1.82, 2.24) is 0 Å². The van der Waals surface area contributed by atoms with E-state index in [1.807, 2.05) is 24.3 Å². The highest BCUT2D eigenvalue weighted by Crippen LogP contribution is 1.94. The van der Waals surface area contributed by atoms with Crippen LogP contribution >= 0.6 is 0 Å². The minimum atomic E-state index is 0.918. The first-order valence-electron chi connectivity index (χ1n) is 3.60. The molecule has 0 spiro atoms. The van der Waals surface area contributed by atoms with Gasteiger partial charge in [0.1, 0.15) is 0 Å². The highest BCUT2D eigenvalue weighted by molar-refractivity contribution is 5.81. The van der Waals surface area contributed by atoms with E-state index in [2.05, 4.69) is 17.6 Å². The molecular weight excluding hydrogens is 134 g/mol. The molecule has 1 nitrogen and oxygen atoms in total. The molecule has 0 atom stereocenters. The first kappa shape index (κ1) is 7.73. The Morgan fingerprint density at radius 1 is 1.27 bits per heavy atom. The average molecular weight is 145 g/mol. The quantitative estimate of drug-likeness (QED) is 0.497. The summed E-state index contributed by atoms with van der Waals surface area (Å²) in [5.74, 6) is 0. The fourth-order valence-electron chi connectivity index (χ4n) is 0.718.